The average Bonchev–Trinajstić information content (AvgIpc) is 2.83. The van der Waals surface area contributed by atoms with Crippen LogP contribution in [0, 0.1) is 6.92 Å². The van der Waals surface area contributed by atoms with E-state index in [0.29, 0.717) is 16.8 Å². The van der Waals surface area contributed by atoms with Crippen LogP contribution in [0.3, 0.4) is 0 Å². The predicted octanol–water partition coefficient (Wildman–Crippen LogP) is 2.41. The van der Waals surface area contributed by atoms with Crippen molar-refractivity contribution in [3.63, 3.8) is 0 Å². The molecule has 0 unspecified atom stereocenters. The molecule has 0 bridgehead atoms. The van der Waals surface area contributed by atoms with E-state index in [1.54, 1.807) is 55.2 Å². The summed E-state index contributed by atoms with van der Waals surface area (Å²) in [6, 6.07) is 6.83. The molecule has 0 saturated carbocycles. The highest BCUT2D eigenvalue weighted by atomic mass is 16.5. The number of carbonyl (C=O) groups is 2. The first-order valence-electron chi connectivity index (χ1n) is 6.42. The molecular formula is C16H16N2O3. The number of aromatic nitrogens is 2. The summed E-state index contributed by atoms with van der Waals surface area (Å²) in [5.41, 5.74) is 2.59. The number of aryl methyl sites for hydroxylation is 2. The van der Waals surface area contributed by atoms with E-state index in [4.69, 9.17) is 0 Å². The monoisotopic (exact) mass is 284 g/mol. The Kier molecular flexibility index (Phi) is 4.33. The highest BCUT2D eigenvalue weighted by Gasteiger charge is 2.09. The Bertz CT molecular complexity index is 697. The van der Waals surface area contributed by atoms with E-state index in [2.05, 4.69) is 9.84 Å². The van der Waals surface area contributed by atoms with Crippen LogP contribution in [-0.2, 0) is 11.8 Å². The Hall–Kier alpha value is -2.69. The molecule has 0 radical (unpaired) electrons. The number of rotatable bonds is 4. The maximum absolute atomic E-state index is 12.1. The largest absolute Gasteiger partial charge is 0.465 e. The van der Waals surface area contributed by atoms with Crippen molar-refractivity contribution in [2.24, 2.45) is 7.05 Å². The summed E-state index contributed by atoms with van der Waals surface area (Å²) in [5, 5.41) is 4.14. The molecule has 0 atom stereocenters. The zero-order valence-electron chi connectivity index (χ0n) is 12.2. The van der Waals surface area contributed by atoms with E-state index in [0.717, 1.165) is 5.56 Å². The lowest BCUT2D eigenvalue weighted by Crippen LogP contribution is -2.00. The van der Waals surface area contributed by atoms with Gasteiger partial charge in [0.15, 0.2) is 5.78 Å². The minimum atomic E-state index is -0.382. The maximum atomic E-state index is 12.1. The van der Waals surface area contributed by atoms with E-state index in [-0.39, 0.29) is 11.8 Å². The van der Waals surface area contributed by atoms with Crippen LogP contribution in [0.15, 0.2) is 36.5 Å². The molecule has 2 aromatic rings. The fourth-order valence-corrected chi connectivity index (χ4v) is 1.95. The van der Waals surface area contributed by atoms with Crippen molar-refractivity contribution in [3.8, 4) is 0 Å². The van der Waals surface area contributed by atoms with E-state index in [1.807, 2.05) is 0 Å². The number of ketones is 1. The molecule has 2 rings (SSSR count). The first-order valence-corrected chi connectivity index (χ1v) is 6.42. The zero-order valence-corrected chi connectivity index (χ0v) is 12.2. The summed E-state index contributed by atoms with van der Waals surface area (Å²) in [5.74, 6) is -0.481. The van der Waals surface area contributed by atoms with Crippen LogP contribution in [-0.4, -0.2) is 28.6 Å². The van der Waals surface area contributed by atoms with Crippen LogP contribution in [0.4, 0.5) is 0 Å². The number of hydrogen-bond donors (Lipinski definition) is 0. The van der Waals surface area contributed by atoms with Gasteiger partial charge >= 0.3 is 5.97 Å². The van der Waals surface area contributed by atoms with Crippen LogP contribution in [0.1, 0.15) is 32.0 Å². The van der Waals surface area contributed by atoms with Gasteiger partial charge in [-0.05, 0) is 30.7 Å². The fraction of sp³-hybridized carbons (Fsp3) is 0.188. The lowest BCUT2D eigenvalue weighted by atomic mass is 10.1. The molecule has 0 aliphatic rings. The molecule has 1 aromatic heterocycles. The molecule has 108 valence electrons. The van der Waals surface area contributed by atoms with E-state index in [1.165, 1.54) is 13.2 Å². The van der Waals surface area contributed by atoms with Gasteiger partial charge < -0.3 is 4.74 Å². The molecule has 1 aromatic carbocycles. The topological polar surface area (TPSA) is 61.2 Å². The molecule has 21 heavy (non-hydrogen) atoms. The smallest absolute Gasteiger partial charge is 0.337 e. The number of carbonyl (C=O) groups excluding carboxylic acids is 2. The highest BCUT2D eigenvalue weighted by Crippen LogP contribution is 2.10. The Balaban J connectivity index is 2.12. The second-order valence-electron chi connectivity index (χ2n) is 4.61. The quantitative estimate of drug-likeness (QED) is 0.491. The standard InChI is InChI=1S/C16H16N2O3/c1-11-14(10-18(2)17-11)15(19)9-6-12-4-7-13(8-5-12)16(20)21-3/h4-10H,1-3H3/b9-6-. The van der Waals surface area contributed by atoms with Gasteiger partial charge in [0.1, 0.15) is 0 Å². The molecule has 0 amide bonds. The first kappa shape index (κ1) is 14.7. The van der Waals surface area contributed by atoms with Crippen molar-refractivity contribution in [1.82, 2.24) is 9.78 Å². The number of ether oxygens (including phenoxy) is 1. The molecule has 0 spiro atoms. The lowest BCUT2D eigenvalue weighted by molar-refractivity contribution is 0.0600. The van der Waals surface area contributed by atoms with Crippen LogP contribution in [0.2, 0.25) is 0 Å². The van der Waals surface area contributed by atoms with Crippen molar-refractivity contribution in [2.45, 2.75) is 6.92 Å². The lowest BCUT2D eigenvalue weighted by Gasteiger charge is -1.99. The Morgan fingerprint density at radius 2 is 1.90 bits per heavy atom. The third-order valence-electron chi connectivity index (χ3n) is 3.04. The molecule has 0 aliphatic carbocycles. The van der Waals surface area contributed by atoms with Crippen LogP contribution in [0.25, 0.3) is 6.08 Å². The highest BCUT2D eigenvalue weighted by molar-refractivity contribution is 6.07. The average molecular weight is 284 g/mol. The van der Waals surface area contributed by atoms with Crippen LogP contribution in [0.5, 0.6) is 0 Å². The molecule has 0 fully saturated rings. The summed E-state index contributed by atoms with van der Waals surface area (Å²) in [6.07, 6.45) is 4.90. The third kappa shape index (κ3) is 3.45. The van der Waals surface area contributed by atoms with E-state index in [9.17, 15) is 9.59 Å². The first-order chi connectivity index (χ1) is 10.0. The second kappa shape index (κ2) is 6.17. The van der Waals surface area contributed by atoms with Crippen molar-refractivity contribution in [1.29, 1.82) is 0 Å². The molecule has 0 aliphatic heterocycles. The number of nitrogens with zero attached hydrogens (tertiary/aromatic N) is 2. The molecule has 0 N–H and O–H groups in total. The van der Waals surface area contributed by atoms with Gasteiger partial charge in [-0.1, -0.05) is 18.2 Å². The number of allylic oxidation sites excluding steroid dienone is 1. The van der Waals surface area contributed by atoms with Crippen molar-refractivity contribution in [3.05, 3.63) is 58.9 Å². The Labute approximate surface area is 122 Å². The van der Waals surface area contributed by atoms with Crippen molar-refractivity contribution < 1.29 is 14.3 Å². The maximum Gasteiger partial charge on any atom is 0.337 e. The predicted molar refractivity (Wildman–Crippen MR) is 79.1 cm³/mol. The fourth-order valence-electron chi connectivity index (χ4n) is 1.95. The third-order valence-corrected chi connectivity index (χ3v) is 3.04. The zero-order chi connectivity index (χ0) is 15.4. The normalized spacial score (nSPS) is 10.8. The summed E-state index contributed by atoms with van der Waals surface area (Å²) in [4.78, 5) is 23.4. The number of methoxy groups -OCH3 is 1. The Morgan fingerprint density at radius 3 is 2.43 bits per heavy atom. The van der Waals surface area contributed by atoms with Gasteiger partial charge in [0.05, 0.1) is 23.9 Å². The minimum absolute atomic E-state index is 0.0994. The summed E-state index contributed by atoms with van der Waals surface area (Å²) in [6.45, 7) is 1.80. The van der Waals surface area contributed by atoms with Crippen LogP contribution < -0.4 is 0 Å². The van der Waals surface area contributed by atoms with Gasteiger partial charge in [-0.15, -0.1) is 0 Å². The number of esters is 1. The van der Waals surface area contributed by atoms with Gasteiger partial charge in [-0.3, -0.25) is 9.48 Å². The molecule has 1 heterocycles. The molecule has 0 saturated heterocycles. The minimum Gasteiger partial charge on any atom is -0.465 e. The van der Waals surface area contributed by atoms with E-state index >= 15 is 0 Å². The van der Waals surface area contributed by atoms with Crippen molar-refractivity contribution >= 4 is 17.8 Å². The molecular weight excluding hydrogens is 268 g/mol. The van der Waals surface area contributed by atoms with E-state index < -0.39 is 0 Å². The second-order valence-corrected chi connectivity index (χ2v) is 4.61. The van der Waals surface area contributed by atoms with Crippen LogP contribution >= 0.6 is 0 Å². The number of hydrogen-bond acceptors (Lipinski definition) is 4. The summed E-state index contributed by atoms with van der Waals surface area (Å²) < 4.78 is 6.24. The van der Waals surface area contributed by atoms with Gasteiger partial charge in [0, 0.05) is 13.2 Å². The van der Waals surface area contributed by atoms with Crippen molar-refractivity contribution in [2.75, 3.05) is 7.11 Å². The Morgan fingerprint density at radius 1 is 1.24 bits per heavy atom. The SMILES string of the molecule is COC(=O)c1ccc(/C=C\C(=O)c2cn(C)nc2C)cc1. The van der Waals surface area contributed by atoms with Gasteiger partial charge in [-0.25, -0.2) is 4.79 Å². The summed E-state index contributed by atoms with van der Waals surface area (Å²) >= 11 is 0. The molecule has 5 nitrogen and oxygen atoms in total. The van der Waals surface area contributed by atoms with Gasteiger partial charge in [0.25, 0.3) is 0 Å². The van der Waals surface area contributed by atoms with Gasteiger partial charge in [-0.2, -0.15) is 5.10 Å². The number of benzene rings is 1. The molecule has 5 heteroatoms. The summed E-state index contributed by atoms with van der Waals surface area (Å²) in [7, 11) is 3.12. The van der Waals surface area contributed by atoms with Gasteiger partial charge in [0.2, 0.25) is 0 Å².